The fourth-order valence-corrected chi connectivity index (χ4v) is 1.98. The van der Waals surface area contributed by atoms with Gasteiger partial charge in [-0.2, -0.15) is 0 Å². The predicted octanol–water partition coefficient (Wildman–Crippen LogP) is 1.23. The first kappa shape index (κ1) is 11.9. The highest BCUT2D eigenvalue weighted by Gasteiger charge is 2.09. The van der Waals surface area contributed by atoms with E-state index in [2.05, 4.69) is 15.3 Å². The molecule has 0 spiro atoms. The summed E-state index contributed by atoms with van der Waals surface area (Å²) in [6.45, 7) is 0.236. The number of imidazole rings is 1. The van der Waals surface area contributed by atoms with Crippen LogP contribution in [0.3, 0.4) is 0 Å². The Kier molecular flexibility index (Phi) is 2.79. The molecular formula is C12H10ClN5O. The smallest absolute Gasteiger partial charge is 0.278 e. The molecule has 0 aliphatic rings. The summed E-state index contributed by atoms with van der Waals surface area (Å²) in [6, 6.07) is 7.10. The zero-order valence-electron chi connectivity index (χ0n) is 10.1. The maximum Gasteiger partial charge on any atom is 0.278 e. The van der Waals surface area contributed by atoms with Gasteiger partial charge in [-0.15, -0.1) is 5.10 Å². The van der Waals surface area contributed by atoms with E-state index in [1.807, 2.05) is 6.07 Å². The Morgan fingerprint density at radius 2 is 2.11 bits per heavy atom. The first-order valence-corrected chi connectivity index (χ1v) is 6.03. The molecule has 0 fully saturated rings. The molecule has 7 heteroatoms. The van der Waals surface area contributed by atoms with Crippen LogP contribution in [0.2, 0.25) is 5.15 Å². The molecule has 1 aromatic carbocycles. The molecule has 0 aliphatic carbocycles. The van der Waals surface area contributed by atoms with Gasteiger partial charge in [-0.25, -0.2) is 9.67 Å². The summed E-state index contributed by atoms with van der Waals surface area (Å²) in [5.41, 5.74) is 0.395. The van der Waals surface area contributed by atoms with Gasteiger partial charge >= 0.3 is 0 Å². The topological polar surface area (TPSA) is 65.6 Å². The predicted molar refractivity (Wildman–Crippen MR) is 71.1 cm³/mol. The van der Waals surface area contributed by atoms with Crippen LogP contribution in [0.1, 0.15) is 5.82 Å². The van der Waals surface area contributed by atoms with Crippen LogP contribution in [-0.2, 0) is 13.6 Å². The molecule has 0 radical (unpaired) electrons. The lowest BCUT2D eigenvalue weighted by Crippen LogP contribution is -2.25. The van der Waals surface area contributed by atoms with E-state index in [0.29, 0.717) is 21.9 Å². The summed E-state index contributed by atoms with van der Waals surface area (Å²) in [5.74, 6) is 0.650. The van der Waals surface area contributed by atoms with Crippen molar-refractivity contribution in [2.45, 2.75) is 6.54 Å². The van der Waals surface area contributed by atoms with Crippen LogP contribution in [0.4, 0.5) is 0 Å². The maximum atomic E-state index is 12.2. The highest BCUT2D eigenvalue weighted by Crippen LogP contribution is 2.10. The summed E-state index contributed by atoms with van der Waals surface area (Å²) in [5, 5.41) is 8.98. The number of aromatic nitrogens is 5. The molecule has 0 atom stereocenters. The Morgan fingerprint density at radius 1 is 1.32 bits per heavy atom. The third-order valence-corrected chi connectivity index (χ3v) is 3.30. The number of halogens is 1. The van der Waals surface area contributed by atoms with Crippen LogP contribution in [0, 0.1) is 0 Å². The summed E-state index contributed by atoms with van der Waals surface area (Å²) < 4.78 is 2.98. The van der Waals surface area contributed by atoms with Gasteiger partial charge in [0.15, 0.2) is 0 Å². The van der Waals surface area contributed by atoms with Crippen LogP contribution in [0.5, 0.6) is 0 Å². The zero-order valence-corrected chi connectivity index (χ0v) is 10.9. The molecule has 3 rings (SSSR count). The Balaban J connectivity index is 2.09. The zero-order chi connectivity index (χ0) is 13.4. The van der Waals surface area contributed by atoms with Gasteiger partial charge in [0.1, 0.15) is 23.0 Å². The van der Waals surface area contributed by atoms with Gasteiger partial charge in [0.25, 0.3) is 5.56 Å². The fourth-order valence-electron chi connectivity index (χ4n) is 1.83. The molecular weight excluding hydrogens is 266 g/mol. The van der Waals surface area contributed by atoms with Crippen LogP contribution in [-0.4, -0.2) is 24.5 Å². The van der Waals surface area contributed by atoms with Gasteiger partial charge in [0.2, 0.25) is 0 Å². The third-order valence-electron chi connectivity index (χ3n) is 2.95. The van der Waals surface area contributed by atoms with E-state index in [1.165, 1.54) is 10.9 Å². The average molecular weight is 276 g/mol. The third kappa shape index (κ3) is 2.00. The lowest BCUT2D eigenvalue weighted by atomic mass is 10.2. The minimum atomic E-state index is -0.190. The molecule has 0 N–H and O–H groups in total. The van der Waals surface area contributed by atoms with Crippen LogP contribution in [0.15, 0.2) is 35.3 Å². The molecule has 0 bridgehead atoms. The molecule has 0 saturated carbocycles. The molecule has 0 aliphatic heterocycles. The minimum Gasteiger partial charge on any atom is -0.321 e. The van der Waals surface area contributed by atoms with Gasteiger partial charge in [-0.05, 0) is 12.1 Å². The number of fused-ring (bicyclic) bond motifs is 1. The first-order valence-electron chi connectivity index (χ1n) is 5.65. The van der Waals surface area contributed by atoms with E-state index in [-0.39, 0.29) is 12.1 Å². The SMILES string of the molecule is Cn1c(Cl)cnc1Cn1nnc2ccccc2c1=O. The summed E-state index contributed by atoms with van der Waals surface area (Å²) in [7, 11) is 1.78. The van der Waals surface area contributed by atoms with Crippen LogP contribution in [0.25, 0.3) is 10.9 Å². The highest BCUT2D eigenvalue weighted by molar-refractivity contribution is 6.29. The Morgan fingerprint density at radius 3 is 2.84 bits per heavy atom. The molecule has 96 valence electrons. The number of nitrogens with zero attached hydrogens (tertiary/aromatic N) is 5. The van der Waals surface area contributed by atoms with Crippen molar-refractivity contribution in [2.75, 3.05) is 0 Å². The number of rotatable bonds is 2. The number of hydrogen-bond acceptors (Lipinski definition) is 4. The Hall–Kier alpha value is -2.21. The lowest BCUT2D eigenvalue weighted by molar-refractivity contribution is 0.568. The second kappa shape index (κ2) is 4.47. The lowest BCUT2D eigenvalue weighted by Gasteiger charge is -2.05. The van der Waals surface area contributed by atoms with E-state index in [9.17, 15) is 4.79 Å². The van der Waals surface area contributed by atoms with Gasteiger partial charge < -0.3 is 4.57 Å². The molecule has 2 heterocycles. The second-order valence-corrected chi connectivity index (χ2v) is 4.51. The van der Waals surface area contributed by atoms with Crippen LogP contribution >= 0.6 is 11.6 Å². The van der Waals surface area contributed by atoms with Crippen molar-refractivity contribution in [2.24, 2.45) is 7.05 Å². The van der Waals surface area contributed by atoms with E-state index in [1.54, 1.807) is 29.8 Å². The quantitative estimate of drug-likeness (QED) is 0.705. The van der Waals surface area contributed by atoms with Gasteiger partial charge in [0.05, 0.1) is 11.6 Å². The molecule has 0 amide bonds. The molecule has 3 aromatic rings. The van der Waals surface area contributed by atoms with Crippen molar-refractivity contribution in [3.63, 3.8) is 0 Å². The second-order valence-electron chi connectivity index (χ2n) is 4.13. The molecule has 2 aromatic heterocycles. The van der Waals surface area contributed by atoms with E-state index >= 15 is 0 Å². The molecule has 19 heavy (non-hydrogen) atoms. The maximum absolute atomic E-state index is 12.2. The Labute approximate surface area is 113 Å². The minimum absolute atomic E-state index is 0.190. The normalized spacial score (nSPS) is 11.1. The van der Waals surface area contributed by atoms with Gasteiger partial charge in [-0.1, -0.05) is 28.9 Å². The van der Waals surface area contributed by atoms with Crippen molar-refractivity contribution >= 4 is 22.5 Å². The fraction of sp³-hybridized carbons (Fsp3) is 0.167. The van der Waals surface area contributed by atoms with E-state index in [0.717, 1.165) is 0 Å². The van der Waals surface area contributed by atoms with Gasteiger partial charge in [0, 0.05) is 7.05 Å². The summed E-state index contributed by atoms with van der Waals surface area (Å²) >= 11 is 5.91. The first-order chi connectivity index (χ1) is 9.16. The Bertz CT molecular complexity index is 807. The van der Waals surface area contributed by atoms with Crippen molar-refractivity contribution < 1.29 is 0 Å². The molecule has 6 nitrogen and oxygen atoms in total. The number of benzene rings is 1. The van der Waals surface area contributed by atoms with Crippen molar-refractivity contribution in [3.05, 3.63) is 51.8 Å². The largest absolute Gasteiger partial charge is 0.321 e. The highest BCUT2D eigenvalue weighted by atomic mass is 35.5. The number of hydrogen-bond donors (Lipinski definition) is 0. The van der Waals surface area contributed by atoms with Crippen molar-refractivity contribution in [3.8, 4) is 0 Å². The standard InChI is InChI=1S/C12H10ClN5O/c1-17-10(13)6-14-11(17)7-18-12(19)8-4-2-3-5-9(8)15-16-18/h2-6H,7H2,1H3. The average Bonchev–Trinajstić information content (AvgIpc) is 2.74. The van der Waals surface area contributed by atoms with Crippen molar-refractivity contribution in [1.29, 1.82) is 0 Å². The summed E-state index contributed by atoms with van der Waals surface area (Å²) in [4.78, 5) is 16.4. The van der Waals surface area contributed by atoms with Crippen LogP contribution < -0.4 is 5.56 Å². The van der Waals surface area contributed by atoms with E-state index in [4.69, 9.17) is 11.6 Å². The van der Waals surface area contributed by atoms with Gasteiger partial charge in [-0.3, -0.25) is 4.79 Å². The molecule has 0 saturated heterocycles. The molecule has 0 unspecified atom stereocenters. The van der Waals surface area contributed by atoms with Crippen molar-refractivity contribution in [1.82, 2.24) is 24.5 Å². The van der Waals surface area contributed by atoms with E-state index < -0.39 is 0 Å². The monoisotopic (exact) mass is 275 g/mol. The summed E-state index contributed by atoms with van der Waals surface area (Å²) in [6.07, 6.45) is 1.54.